The van der Waals surface area contributed by atoms with Gasteiger partial charge in [-0.15, -0.1) is 11.3 Å². The van der Waals surface area contributed by atoms with Crippen LogP contribution in [0.1, 0.15) is 46.1 Å². The van der Waals surface area contributed by atoms with Gasteiger partial charge in [0, 0.05) is 23.1 Å². The second kappa shape index (κ2) is 10.6. The number of hydrogen-bond acceptors (Lipinski definition) is 7. The molecule has 35 heavy (non-hydrogen) atoms. The summed E-state index contributed by atoms with van der Waals surface area (Å²) >= 11 is 1.28. The fourth-order valence-electron chi connectivity index (χ4n) is 3.36. The summed E-state index contributed by atoms with van der Waals surface area (Å²) in [6.07, 6.45) is 0.802. The third kappa shape index (κ3) is 5.83. The first-order valence-corrected chi connectivity index (χ1v) is 12.0. The van der Waals surface area contributed by atoms with Gasteiger partial charge < -0.3 is 14.8 Å². The molecule has 0 aliphatic carbocycles. The van der Waals surface area contributed by atoms with Crippen LogP contribution < -0.4 is 19.7 Å². The number of rotatable bonds is 9. The smallest absolute Gasteiger partial charge is 0.270 e. The highest BCUT2D eigenvalue weighted by molar-refractivity contribution is 7.09. The molecule has 1 N–H and O–H groups in total. The predicted molar refractivity (Wildman–Crippen MR) is 129 cm³/mol. The Labute approximate surface area is 205 Å². The largest absolute Gasteiger partial charge is 0.485 e. The fourth-order valence-corrected chi connectivity index (χ4v) is 4.12. The topological polar surface area (TPSA) is 97.8 Å². The number of carbonyl (C=O) groups excluding carboxylic acids is 3. The number of anilines is 1. The summed E-state index contributed by atoms with van der Waals surface area (Å²) in [7, 11) is 0. The van der Waals surface area contributed by atoms with E-state index in [4.69, 9.17) is 9.47 Å². The van der Waals surface area contributed by atoms with Crippen LogP contribution in [0.25, 0.3) is 0 Å². The molecule has 1 atom stereocenters. The maximum atomic E-state index is 13.3. The van der Waals surface area contributed by atoms with Crippen LogP contribution in [0.15, 0.2) is 47.8 Å². The highest BCUT2D eigenvalue weighted by atomic mass is 32.1. The van der Waals surface area contributed by atoms with E-state index in [0.717, 1.165) is 6.42 Å². The van der Waals surface area contributed by atoms with Gasteiger partial charge in [0.05, 0.1) is 12.2 Å². The monoisotopic (exact) mass is 497 g/mol. The van der Waals surface area contributed by atoms with Crippen LogP contribution in [0, 0.1) is 5.82 Å². The molecule has 2 amide bonds. The normalized spacial score (nSPS) is 13.6. The Morgan fingerprint density at radius 3 is 2.89 bits per heavy atom. The predicted octanol–water partition coefficient (Wildman–Crippen LogP) is 4.00. The number of ether oxygens (including phenoxy) is 2. The highest BCUT2D eigenvalue weighted by Crippen LogP contribution is 2.34. The van der Waals surface area contributed by atoms with E-state index in [1.807, 2.05) is 13.8 Å². The first-order chi connectivity index (χ1) is 16.8. The second-order valence-electron chi connectivity index (χ2n) is 8.03. The molecule has 1 aromatic heterocycles. The number of hydrogen-bond donors (Lipinski definition) is 1. The number of benzene rings is 2. The van der Waals surface area contributed by atoms with E-state index < -0.39 is 5.82 Å². The van der Waals surface area contributed by atoms with E-state index in [1.165, 1.54) is 34.4 Å². The highest BCUT2D eigenvalue weighted by Gasteiger charge is 2.28. The molecule has 0 saturated heterocycles. The van der Waals surface area contributed by atoms with Crippen LogP contribution in [-0.2, 0) is 11.3 Å². The molecule has 4 rings (SSSR count). The molecule has 1 aliphatic heterocycles. The van der Waals surface area contributed by atoms with Gasteiger partial charge in [-0.25, -0.2) is 9.37 Å². The average molecular weight is 498 g/mol. The molecule has 0 fully saturated rings. The Morgan fingerprint density at radius 1 is 1.29 bits per heavy atom. The summed E-state index contributed by atoms with van der Waals surface area (Å²) in [6, 6.07) is 10.3. The third-order valence-electron chi connectivity index (χ3n) is 5.46. The lowest BCUT2D eigenvalue weighted by molar-refractivity contribution is -0.121. The summed E-state index contributed by atoms with van der Waals surface area (Å²) in [5.41, 5.74) is 1.04. The molecule has 182 valence electrons. The summed E-state index contributed by atoms with van der Waals surface area (Å²) in [5, 5.41) is 5.10. The van der Waals surface area contributed by atoms with Crippen molar-refractivity contribution in [2.45, 2.75) is 32.9 Å². The SMILES string of the molecule is CC[C@H](C)NC(=O)c1csc(CN2C(=O)COc3ccc(C(=O)COc4cccc(F)c4)cc32)n1. The number of ketones is 1. The Kier molecular flexibility index (Phi) is 7.40. The minimum absolute atomic E-state index is 0.0289. The van der Waals surface area contributed by atoms with E-state index in [1.54, 1.807) is 29.6 Å². The Morgan fingerprint density at radius 2 is 2.11 bits per heavy atom. The van der Waals surface area contributed by atoms with Crippen molar-refractivity contribution in [2.24, 2.45) is 0 Å². The number of nitrogens with zero attached hydrogens (tertiary/aromatic N) is 2. The minimum atomic E-state index is -0.460. The Hall–Kier alpha value is -3.79. The van der Waals surface area contributed by atoms with E-state index >= 15 is 0 Å². The van der Waals surface area contributed by atoms with E-state index in [-0.39, 0.29) is 49.1 Å². The van der Waals surface area contributed by atoms with Crippen LogP contribution in [0.3, 0.4) is 0 Å². The minimum Gasteiger partial charge on any atom is -0.485 e. The number of nitrogens with one attached hydrogen (secondary N) is 1. The summed E-state index contributed by atoms with van der Waals surface area (Å²) < 4.78 is 24.3. The Balaban J connectivity index is 1.49. The van der Waals surface area contributed by atoms with Crippen LogP contribution in [-0.4, -0.2) is 41.8 Å². The molecular weight excluding hydrogens is 473 g/mol. The maximum absolute atomic E-state index is 13.3. The van der Waals surface area contributed by atoms with Crippen LogP contribution in [0.4, 0.5) is 10.1 Å². The fraction of sp³-hybridized carbons (Fsp3) is 0.280. The number of Topliss-reactive ketones (excluding diaryl/α,β-unsaturated/α-hetero) is 1. The van der Waals surface area contributed by atoms with E-state index in [2.05, 4.69) is 10.3 Å². The van der Waals surface area contributed by atoms with Gasteiger partial charge in [-0.05, 0) is 43.7 Å². The molecule has 0 unspecified atom stereocenters. The number of halogens is 1. The molecule has 8 nitrogen and oxygen atoms in total. The van der Waals surface area contributed by atoms with E-state index in [9.17, 15) is 18.8 Å². The lowest BCUT2D eigenvalue weighted by atomic mass is 10.1. The molecule has 10 heteroatoms. The lowest BCUT2D eigenvalue weighted by Crippen LogP contribution is -2.38. The van der Waals surface area contributed by atoms with Crippen LogP contribution >= 0.6 is 11.3 Å². The summed E-state index contributed by atoms with van der Waals surface area (Å²) in [4.78, 5) is 43.6. The van der Waals surface area contributed by atoms with Crippen molar-refractivity contribution in [3.05, 3.63) is 69.9 Å². The van der Waals surface area contributed by atoms with Crippen molar-refractivity contribution >= 4 is 34.6 Å². The number of aromatic nitrogens is 1. The second-order valence-corrected chi connectivity index (χ2v) is 8.97. The van der Waals surface area contributed by atoms with Crippen LogP contribution in [0.5, 0.6) is 11.5 Å². The summed E-state index contributed by atoms with van der Waals surface area (Å²) in [5.74, 6) is -0.654. The van der Waals surface area contributed by atoms with Crippen molar-refractivity contribution in [2.75, 3.05) is 18.1 Å². The van der Waals surface area contributed by atoms with Gasteiger partial charge in [-0.3, -0.25) is 19.3 Å². The molecule has 0 bridgehead atoms. The Bertz CT molecular complexity index is 1260. The van der Waals surface area contributed by atoms with Gasteiger partial charge in [0.25, 0.3) is 11.8 Å². The molecule has 3 aromatic rings. The zero-order chi connectivity index (χ0) is 24.9. The van der Waals surface area contributed by atoms with Crippen molar-refractivity contribution in [3.8, 4) is 11.5 Å². The molecule has 0 spiro atoms. The van der Waals surface area contributed by atoms with Crippen molar-refractivity contribution in [3.63, 3.8) is 0 Å². The zero-order valence-corrected chi connectivity index (χ0v) is 20.1. The molecule has 1 aliphatic rings. The number of fused-ring (bicyclic) bond motifs is 1. The summed E-state index contributed by atoms with van der Waals surface area (Å²) in [6.45, 7) is 3.59. The molecule has 0 saturated carbocycles. The van der Waals surface area contributed by atoms with Gasteiger partial charge in [0.15, 0.2) is 19.0 Å². The zero-order valence-electron chi connectivity index (χ0n) is 19.2. The third-order valence-corrected chi connectivity index (χ3v) is 6.29. The lowest BCUT2D eigenvalue weighted by Gasteiger charge is -2.29. The van der Waals surface area contributed by atoms with Crippen molar-refractivity contribution in [1.29, 1.82) is 0 Å². The average Bonchev–Trinajstić information content (AvgIpc) is 3.33. The first kappa shape index (κ1) is 24.3. The van der Waals surface area contributed by atoms with E-state index in [0.29, 0.717) is 27.7 Å². The number of thiazole rings is 1. The van der Waals surface area contributed by atoms with Gasteiger partial charge in [0.1, 0.15) is 28.0 Å². The van der Waals surface area contributed by atoms with Gasteiger partial charge in [-0.2, -0.15) is 0 Å². The van der Waals surface area contributed by atoms with Gasteiger partial charge in [-0.1, -0.05) is 13.0 Å². The van der Waals surface area contributed by atoms with Crippen LogP contribution in [0.2, 0.25) is 0 Å². The number of amides is 2. The molecule has 2 aromatic carbocycles. The quantitative estimate of drug-likeness (QED) is 0.449. The van der Waals surface area contributed by atoms with Gasteiger partial charge in [0.2, 0.25) is 0 Å². The molecule has 0 radical (unpaired) electrons. The number of carbonyl (C=O) groups is 3. The van der Waals surface area contributed by atoms with Crippen molar-refractivity contribution in [1.82, 2.24) is 10.3 Å². The van der Waals surface area contributed by atoms with Gasteiger partial charge >= 0.3 is 0 Å². The first-order valence-electron chi connectivity index (χ1n) is 11.1. The standard InChI is InChI=1S/C25H24FN3O5S/c1-3-15(2)27-25(32)19-14-35-23(28-19)11-29-20-9-16(7-8-22(20)34-13-24(29)31)21(30)12-33-18-6-4-5-17(26)10-18/h4-10,14-15H,3,11-13H2,1-2H3,(H,27,32)/t15-/m0/s1. The molecular formula is C25H24FN3O5S. The maximum Gasteiger partial charge on any atom is 0.270 e. The molecule has 2 heterocycles. The van der Waals surface area contributed by atoms with Crippen molar-refractivity contribution < 1.29 is 28.2 Å².